The smallest absolute Gasteiger partial charge is 0.409 e. The first-order valence-electron chi connectivity index (χ1n) is 11.8. The molecule has 0 saturated carbocycles. The summed E-state index contributed by atoms with van der Waals surface area (Å²) < 4.78 is 13.6. The molecule has 0 aliphatic carbocycles. The minimum absolute atomic E-state index is 0.159. The SMILES string of the molecule is CCn1c(=O)n(-c2noc(C3CCN(C[C@@H]4CCN(C(=O)OC)C4)CC3)n2)c2cc(Cl)ccc21. The number of methoxy groups -OCH3 is 1. The summed E-state index contributed by atoms with van der Waals surface area (Å²) in [6, 6.07) is 5.36. The number of nitrogens with zero attached hydrogens (tertiary/aromatic N) is 6. The fourth-order valence-corrected chi connectivity index (χ4v) is 5.38. The van der Waals surface area contributed by atoms with Crippen LogP contribution < -0.4 is 5.69 Å². The number of hydrogen-bond acceptors (Lipinski definition) is 7. The van der Waals surface area contributed by atoms with Crippen molar-refractivity contribution in [2.24, 2.45) is 5.92 Å². The lowest BCUT2D eigenvalue weighted by Crippen LogP contribution is -2.38. The van der Waals surface area contributed by atoms with E-state index in [0.717, 1.165) is 57.5 Å². The lowest BCUT2D eigenvalue weighted by Gasteiger charge is -2.32. The second-order valence-electron chi connectivity index (χ2n) is 9.07. The maximum atomic E-state index is 13.0. The molecule has 0 unspecified atom stereocenters. The highest BCUT2D eigenvalue weighted by Gasteiger charge is 2.31. The van der Waals surface area contributed by atoms with Gasteiger partial charge in [-0.2, -0.15) is 4.98 Å². The molecule has 11 heteroatoms. The van der Waals surface area contributed by atoms with E-state index in [0.29, 0.717) is 28.9 Å². The molecule has 0 radical (unpaired) electrons. The number of carbonyl (C=O) groups is 1. The number of carbonyl (C=O) groups excluding carboxylic acids is 1. The average molecular weight is 489 g/mol. The predicted molar refractivity (Wildman–Crippen MR) is 127 cm³/mol. The zero-order chi connectivity index (χ0) is 23.8. The number of hydrogen-bond donors (Lipinski definition) is 0. The Balaban J connectivity index is 1.26. The Morgan fingerprint density at radius 3 is 2.74 bits per heavy atom. The van der Waals surface area contributed by atoms with E-state index in [1.165, 1.54) is 11.7 Å². The molecule has 1 atom stereocenters. The van der Waals surface area contributed by atoms with Crippen LogP contribution in [0.1, 0.15) is 38.0 Å². The third-order valence-corrected chi connectivity index (χ3v) is 7.25. The van der Waals surface area contributed by atoms with Gasteiger partial charge in [0, 0.05) is 37.1 Å². The molecule has 1 aromatic carbocycles. The van der Waals surface area contributed by atoms with Crippen LogP contribution in [-0.2, 0) is 11.3 Å². The Morgan fingerprint density at radius 1 is 1.21 bits per heavy atom. The van der Waals surface area contributed by atoms with E-state index in [-0.39, 0.29) is 23.6 Å². The summed E-state index contributed by atoms with van der Waals surface area (Å²) in [6.45, 7) is 6.81. The van der Waals surface area contributed by atoms with E-state index in [9.17, 15) is 9.59 Å². The molecule has 3 aromatic rings. The zero-order valence-electron chi connectivity index (χ0n) is 19.4. The van der Waals surface area contributed by atoms with Crippen molar-refractivity contribution in [3.05, 3.63) is 39.6 Å². The molecule has 2 aliphatic rings. The number of aromatic nitrogens is 4. The van der Waals surface area contributed by atoms with E-state index < -0.39 is 0 Å². The molecular formula is C23H29ClN6O4. The molecule has 10 nitrogen and oxygen atoms in total. The summed E-state index contributed by atoms with van der Waals surface area (Å²) in [7, 11) is 1.43. The first kappa shape index (κ1) is 22.9. The second kappa shape index (κ2) is 9.42. The fourth-order valence-electron chi connectivity index (χ4n) is 5.22. The molecule has 0 bridgehead atoms. The lowest BCUT2D eigenvalue weighted by atomic mass is 9.95. The zero-order valence-corrected chi connectivity index (χ0v) is 20.2. The summed E-state index contributed by atoms with van der Waals surface area (Å²) >= 11 is 6.20. The Kier molecular flexibility index (Phi) is 6.35. The average Bonchev–Trinajstić information content (AvgIpc) is 3.56. The third kappa shape index (κ3) is 4.20. The van der Waals surface area contributed by atoms with E-state index in [4.69, 9.17) is 20.9 Å². The van der Waals surface area contributed by atoms with Crippen molar-refractivity contribution >= 4 is 28.7 Å². The van der Waals surface area contributed by atoms with E-state index >= 15 is 0 Å². The number of fused-ring (bicyclic) bond motifs is 1. The Morgan fingerprint density at radius 2 is 2.00 bits per heavy atom. The van der Waals surface area contributed by atoms with Crippen LogP contribution in [0.15, 0.2) is 27.5 Å². The van der Waals surface area contributed by atoms with Gasteiger partial charge in [-0.25, -0.2) is 14.2 Å². The van der Waals surface area contributed by atoms with Gasteiger partial charge in [0.1, 0.15) is 0 Å². The van der Waals surface area contributed by atoms with Gasteiger partial charge in [-0.1, -0.05) is 11.6 Å². The van der Waals surface area contributed by atoms with Crippen LogP contribution in [0.3, 0.4) is 0 Å². The van der Waals surface area contributed by atoms with Crippen molar-refractivity contribution in [2.75, 3.05) is 39.8 Å². The predicted octanol–water partition coefficient (Wildman–Crippen LogP) is 3.12. The number of ether oxygens (including phenoxy) is 1. The standard InChI is InChI=1S/C23H29ClN6O4/c1-3-29-18-5-4-17(24)12-19(18)30(22(29)31)21-25-20(34-26-21)16-7-9-27(10-8-16)13-15-6-11-28(14-15)23(32)33-2/h4-5,12,15-16H,3,6-11,13-14H2,1-2H3/t15-/m0/s1. The van der Waals surface area contributed by atoms with E-state index in [1.807, 2.05) is 13.0 Å². The van der Waals surface area contributed by atoms with Crippen LogP contribution >= 0.6 is 11.6 Å². The highest BCUT2D eigenvalue weighted by atomic mass is 35.5. The largest absolute Gasteiger partial charge is 0.453 e. The molecule has 182 valence electrons. The molecule has 0 N–H and O–H groups in total. The number of aryl methyl sites for hydroxylation is 1. The van der Waals surface area contributed by atoms with Gasteiger partial charge in [0.25, 0.3) is 5.95 Å². The number of piperidine rings is 1. The lowest BCUT2D eigenvalue weighted by molar-refractivity contribution is 0.128. The van der Waals surface area contributed by atoms with Crippen molar-refractivity contribution in [1.29, 1.82) is 0 Å². The molecule has 2 aliphatic heterocycles. The summed E-state index contributed by atoms with van der Waals surface area (Å²) in [5.41, 5.74) is 1.24. The number of imidazole rings is 1. The number of rotatable bonds is 5. The minimum atomic E-state index is -0.239. The van der Waals surface area contributed by atoms with Crippen molar-refractivity contribution in [1.82, 2.24) is 29.1 Å². The maximum Gasteiger partial charge on any atom is 0.409 e. The van der Waals surface area contributed by atoms with Crippen LogP contribution in [0.5, 0.6) is 0 Å². The Bertz CT molecular complexity index is 1240. The summed E-state index contributed by atoms with van der Waals surface area (Å²) in [5, 5.41) is 4.69. The first-order chi connectivity index (χ1) is 16.5. The Labute approximate surface area is 202 Å². The van der Waals surface area contributed by atoms with Gasteiger partial charge in [-0.3, -0.25) is 4.57 Å². The molecule has 5 rings (SSSR count). The number of halogens is 1. The Hall–Kier alpha value is -2.85. The van der Waals surface area contributed by atoms with Crippen LogP contribution in [-0.4, -0.2) is 75.0 Å². The summed E-state index contributed by atoms with van der Waals surface area (Å²) in [6.07, 6.45) is 2.59. The molecule has 34 heavy (non-hydrogen) atoms. The van der Waals surface area contributed by atoms with Gasteiger partial charge < -0.3 is 19.1 Å². The van der Waals surface area contributed by atoms with Crippen molar-refractivity contribution in [3.63, 3.8) is 0 Å². The third-order valence-electron chi connectivity index (χ3n) is 7.01. The van der Waals surface area contributed by atoms with Crippen LogP contribution in [0.2, 0.25) is 5.02 Å². The quantitative estimate of drug-likeness (QED) is 0.544. The van der Waals surface area contributed by atoms with Gasteiger partial charge in [-0.15, -0.1) is 0 Å². The normalized spacial score (nSPS) is 19.9. The van der Waals surface area contributed by atoms with Crippen molar-refractivity contribution in [2.45, 2.75) is 38.6 Å². The van der Waals surface area contributed by atoms with Crippen LogP contribution in [0.4, 0.5) is 4.79 Å². The summed E-state index contributed by atoms with van der Waals surface area (Å²) in [4.78, 5) is 33.6. The number of amides is 1. The molecule has 2 fully saturated rings. The fraction of sp³-hybridized carbons (Fsp3) is 0.565. The molecule has 2 aromatic heterocycles. The summed E-state index contributed by atoms with van der Waals surface area (Å²) in [5.74, 6) is 1.45. The molecule has 1 amide bonds. The second-order valence-corrected chi connectivity index (χ2v) is 9.51. The number of benzene rings is 1. The van der Waals surface area contributed by atoms with Crippen molar-refractivity contribution in [3.8, 4) is 5.95 Å². The monoisotopic (exact) mass is 488 g/mol. The van der Waals surface area contributed by atoms with Crippen molar-refractivity contribution < 1.29 is 14.1 Å². The number of likely N-dealkylation sites (tertiary alicyclic amines) is 2. The van der Waals surface area contributed by atoms with E-state index in [1.54, 1.807) is 21.6 Å². The van der Waals surface area contributed by atoms with Gasteiger partial charge in [0.05, 0.1) is 18.1 Å². The highest BCUT2D eigenvalue weighted by Crippen LogP contribution is 2.29. The van der Waals surface area contributed by atoms with Gasteiger partial charge in [0.15, 0.2) is 0 Å². The topological polar surface area (TPSA) is 98.6 Å². The van der Waals surface area contributed by atoms with Gasteiger partial charge >= 0.3 is 11.8 Å². The highest BCUT2D eigenvalue weighted by molar-refractivity contribution is 6.31. The molecule has 4 heterocycles. The maximum absolute atomic E-state index is 13.0. The molecule has 0 spiro atoms. The minimum Gasteiger partial charge on any atom is -0.453 e. The molecular weight excluding hydrogens is 460 g/mol. The molecule has 2 saturated heterocycles. The van der Waals surface area contributed by atoms with Gasteiger partial charge in [-0.05, 0) is 68.5 Å². The first-order valence-corrected chi connectivity index (χ1v) is 12.2. The van der Waals surface area contributed by atoms with Crippen LogP contribution in [0.25, 0.3) is 17.0 Å². The van der Waals surface area contributed by atoms with E-state index in [2.05, 4.69) is 15.0 Å². The van der Waals surface area contributed by atoms with Crippen LogP contribution in [0, 0.1) is 5.92 Å². The van der Waals surface area contributed by atoms with Gasteiger partial charge in [0.2, 0.25) is 5.89 Å².